The van der Waals surface area contributed by atoms with Gasteiger partial charge in [-0.25, -0.2) is 23.5 Å². The van der Waals surface area contributed by atoms with Crippen LogP contribution in [0.1, 0.15) is 5.69 Å². The van der Waals surface area contributed by atoms with Gasteiger partial charge in [0, 0.05) is 24.0 Å². The fourth-order valence-electron chi connectivity index (χ4n) is 2.47. The molecule has 0 bridgehead atoms. The molecule has 0 aliphatic heterocycles. The number of aryl methyl sites for hydroxylation is 1. The minimum atomic E-state index is -0.905. The molecule has 3 aromatic rings. The standard InChI is InChI=1S/C19H15ClFN3O6/c1-10-6-16(25)24(19(27)23-10)13-8-15(11(20)7-12(13)21)30-14-4-3-5-22-18(14)29-9-17(26)28-2/h3-8H,9H2,1-2H3,(H,23,27). The lowest BCUT2D eigenvalue weighted by Crippen LogP contribution is -2.34. The minimum Gasteiger partial charge on any atom is -0.466 e. The number of esters is 1. The van der Waals surface area contributed by atoms with Gasteiger partial charge in [-0.05, 0) is 25.1 Å². The summed E-state index contributed by atoms with van der Waals surface area (Å²) in [6.07, 6.45) is 1.41. The predicted molar refractivity (Wildman–Crippen MR) is 104 cm³/mol. The van der Waals surface area contributed by atoms with Gasteiger partial charge in [0.2, 0.25) is 0 Å². The zero-order chi connectivity index (χ0) is 21.8. The summed E-state index contributed by atoms with van der Waals surface area (Å²) >= 11 is 6.07. The Balaban J connectivity index is 2.02. The van der Waals surface area contributed by atoms with Crippen LogP contribution in [0.25, 0.3) is 5.69 Å². The van der Waals surface area contributed by atoms with E-state index in [1.165, 1.54) is 32.4 Å². The average molecular weight is 436 g/mol. The van der Waals surface area contributed by atoms with Gasteiger partial charge in [0.1, 0.15) is 11.6 Å². The van der Waals surface area contributed by atoms with Gasteiger partial charge in [-0.15, -0.1) is 0 Å². The maximum absolute atomic E-state index is 14.5. The van der Waals surface area contributed by atoms with E-state index in [0.29, 0.717) is 10.3 Å². The van der Waals surface area contributed by atoms with Crippen molar-refractivity contribution in [3.05, 3.63) is 73.9 Å². The van der Waals surface area contributed by atoms with E-state index in [1.54, 1.807) is 0 Å². The van der Waals surface area contributed by atoms with E-state index in [2.05, 4.69) is 14.7 Å². The van der Waals surface area contributed by atoms with E-state index in [9.17, 15) is 18.8 Å². The van der Waals surface area contributed by atoms with Crippen molar-refractivity contribution in [3.63, 3.8) is 0 Å². The van der Waals surface area contributed by atoms with Crippen LogP contribution in [-0.2, 0) is 9.53 Å². The Morgan fingerprint density at radius 2 is 2.03 bits per heavy atom. The van der Waals surface area contributed by atoms with Crippen molar-refractivity contribution in [2.24, 2.45) is 0 Å². The number of halogens is 2. The number of nitrogens with zero attached hydrogens (tertiary/aromatic N) is 2. The first-order chi connectivity index (χ1) is 14.3. The first-order valence-electron chi connectivity index (χ1n) is 8.45. The number of aromatic amines is 1. The molecule has 3 rings (SSSR count). The monoisotopic (exact) mass is 435 g/mol. The van der Waals surface area contributed by atoms with E-state index >= 15 is 0 Å². The number of methoxy groups -OCH3 is 1. The van der Waals surface area contributed by atoms with E-state index in [-0.39, 0.29) is 28.1 Å². The number of benzene rings is 1. The molecule has 2 aromatic heterocycles. The second-order valence-electron chi connectivity index (χ2n) is 5.94. The van der Waals surface area contributed by atoms with Crippen LogP contribution in [0.5, 0.6) is 17.4 Å². The van der Waals surface area contributed by atoms with E-state index in [0.717, 1.165) is 18.2 Å². The Labute approximate surface area is 173 Å². The number of H-pyrrole nitrogens is 1. The number of hydrogen-bond acceptors (Lipinski definition) is 7. The molecule has 0 aliphatic carbocycles. The van der Waals surface area contributed by atoms with Gasteiger partial charge in [-0.3, -0.25) is 4.79 Å². The number of carbonyl (C=O) groups excluding carboxylic acids is 1. The molecule has 0 amide bonds. The van der Waals surface area contributed by atoms with Gasteiger partial charge < -0.3 is 19.2 Å². The Morgan fingerprint density at radius 1 is 1.27 bits per heavy atom. The highest BCUT2D eigenvalue weighted by Gasteiger charge is 2.17. The van der Waals surface area contributed by atoms with Gasteiger partial charge in [-0.2, -0.15) is 0 Å². The van der Waals surface area contributed by atoms with E-state index in [4.69, 9.17) is 21.1 Å². The summed E-state index contributed by atoms with van der Waals surface area (Å²) in [5.74, 6) is -1.60. The van der Waals surface area contributed by atoms with Crippen LogP contribution in [0.2, 0.25) is 5.02 Å². The maximum Gasteiger partial charge on any atom is 0.343 e. The minimum absolute atomic E-state index is 0.0461. The molecule has 156 valence electrons. The van der Waals surface area contributed by atoms with Crippen LogP contribution in [0.3, 0.4) is 0 Å². The number of rotatable bonds is 6. The van der Waals surface area contributed by atoms with Crippen LogP contribution in [0.15, 0.2) is 46.1 Å². The fraction of sp³-hybridized carbons (Fsp3) is 0.158. The van der Waals surface area contributed by atoms with Crippen molar-refractivity contribution in [2.75, 3.05) is 13.7 Å². The Hall–Kier alpha value is -3.66. The lowest BCUT2D eigenvalue weighted by atomic mass is 10.2. The zero-order valence-electron chi connectivity index (χ0n) is 15.8. The van der Waals surface area contributed by atoms with Crippen molar-refractivity contribution >= 4 is 17.6 Å². The van der Waals surface area contributed by atoms with E-state index in [1.807, 2.05) is 0 Å². The van der Waals surface area contributed by atoms with Crippen molar-refractivity contribution in [1.29, 1.82) is 0 Å². The third kappa shape index (κ3) is 4.49. The summed E-state index contributed by atoms with van der Waals surface area (Å²) in [5.41, 5.74) is -1.58. The summed E-state index contributed by atoms with van der Waals surface area (Å²) in [4.78, 5) is 42.1. The number of hydrogen-bond donors (Lipinski definition) is 1. The highest BCUT2D eigenvalue weighted by Crippen LogP contribution is 2.35. The number of aromatic nitrogens is 3. The third-order valence-corrected chi connectivity index (χ3v) is 4.12. The molecule has 1 N–H and O–H groups in total. The highest BCUT2D eigenvalue weighted by atomic mass is 35.5. The molecule has 0 unspecified atom stereocenters. The Kier molecular flexibility index (Phi) is 6.17. The van der Waals surface area contributed by atoms with Crippen LogP contribution in [-0.4, -0.2) is 34.2 Å². The second kappa shape index (κ2) is 8.78. The number of nitrogens with one attached hydrogen (secondary N) is 1. The van der Waals surface area contributed by atoms with Gasteiger partial charge in [0.05, 0.1) is 17.8 Å². The molecule has 0 atom stereocenters. The summed E-state index contributed by atoms with van der Waals surface area (Å²) in [5, 5.41) is -0.129. The molecule has 0 spiro atoms. The predicted octanol–water partition coefficient (Wildman–Crippen LogP) is 2.37. The van der Waals surface area contributed by atoms with Gasteiger partial charge in [0.15, 0.2) is 12.4 Å². The average Bonchev–Trinajstić information content (AvgIpc) is 2.69. The number of carbonyl (C=O) groups is 1. The van der Waals surface area contributed by atoms with Crippen LogP contribution < -0.4 is 20.7 Å². The molecule has 11 heteroatoms. The van der Waals surface area contributed by atoms with Crippen LogP contribution >= 0.6 is 11.6 Å². The molecule has 30 heavy (non-hydrogen) atoms. The molecule has 1 aromatic carbocycles. The molecule has 9 nitrogen and oxygen atoms in total. The highest BCUT2D eigenvalue weighted by molar-refractivity contribution is 6.32. The first-order valence-corrected chi connectivity index (χ1v) is 8.83. The molecular formula is C19H15ClFN3O6. The summed E-state index contributed by atoms with van der Waals surface area (Å²) < 4.78 is 30.5. The van der Waals surface area contributed by atoms with Gasteiger partial charge in [0.25, 0.3) is 11.4 Å². The molecule has 0 fully saturated rings. The number of pyridine rings is 1. The van der Waals surface area contributed by atoms with Crippen LogP contribution in [0.4, 0.5) is 4.39 Å². The Bertz CT molecular complexity index is 1190. The quantitative estimate of drug-likeness (QED) is 0.591. The molecule has 0 saturated carbocycles. The van der Waals surface area contributed by atoms with Crippen molar-refractivity contribution in [2.45, 2.75) is 6.92 Å². The SMILES string of the molecule is COC(=O)COc1ncccc1Oc1cc(-n2c(=O)cc(C)[nH]c2=O)c(F)cc1Cl. The molecular weight excluding hydrogens is 421 g/mol. The largest absolute Gasteiger partial charge is 0.466 e. The zero-order valence-corrected chi connectivity index (χ0v) is 16.5. The van der Waals surface area contributed by atoms with Crippen LogP contribution in [0, 0.1) is 12.7 Å². The molecule has 0 radical (unpaired) electrons. The second-order valence-corrected chi connectivity index (χ2v) is 6.35. The lowest BCUT2D eigenvalue weighted by molar-refractivity contribution is -0.143. The fourth-order valence-corrected chi connectivity index (χ4v) is 2.66. The molecule has 2 heterocycles. The maximum atomic E-state index is 14.5. The van der Waals surface area contributed by atoms with Crippen molar-refractivity contribution in [3.8, 4) is 23.1 Å². The summed E-state index contributed by atoms with van der Waals surface area (Å²) in [6.45, 7) is 1.11. The topological polar surface area (TPSA) is 113 Å². The first kappa shape index (κ1) is 21.1. The number of ether oxygens (including phenoxy) is 3. The third-order valence-electron chi connectivity index (χ3n) is 3.82. The van der Waals surface area contributed by atoms with Gasteiger partial charge in [-0.1, -0.05) is 11.6 Å². The van der Waals surface area contributed by atoms with Crippen molar-refractivity contribution in [1.82, 2.24) is 14.5 Å². The summed E-state index contributed by atoms with van der Waals surface area (Å²) in [6, 6.07) is 6.16. The Morgan fingerprint density at radius 3 is 2.73 bits per heavy atom. The summed E-state index contributed by atoms with van der Waals surface area (Å²) in [7, 11) is 1.20. The smallest absolute Gasteiger partial charge is 0.343 e. The lowest BCUT2D eigenvalue weighted by Gasteiger charge is -2.14. The van der Waals surface area contributed by atoms with E-state index < -0.39 is 29.6 Å². The normalized spacial score (nSPS) is 10.5. The van der Waals surface area contributed by atoms with Gasteiger partial charge >= 0.3 is 11.7 Å². The molecule has 0 saturated heterocycles. The molecule has 0 aliphatic rings. The van der Waals surface area contributed by atoms with Crippen molar-refractivity contribution < 1.29 is 23.4 Å².